The minimum absolute atomic E-state index is 0.0540. The summed E-state index contributed by atoms with van der Waals surface area (Å²) in [6.07, 6.45) is -0.841. The number of Topliss-reactive ketones (excluding diaryl/α,β-unsaturated/α-hetero) is 2. The van der Waals surface area contributed by atoms with Crippen LogP contribution in [0, 0.1) is 0 Å². The number of hydrogen-bond acceptors (Lipinski definition) is 13. The third-order valence-electron chi connectivity index (χ3n) is 8.37. The number of aliphatic hydroxyl groups is 2. The van der Waals surface area contributed by atoms with Crippen molar-refractivity contribution in [1.29, 1.82) is 0 Å². The van der Waals surface area contributed by atoms with Crippen LogP contribution in [0.2, 0.25) is 0 Å². The van der Waals surface area contributed by atoms with Crippen molar-refractivity contribution in [2.24, 2.45) is 11.5 Å². The van der Waals surface area contributed by atoms with E-state index in [0.29, 0.717) is 57.4 Å². The van der Waals surface area contributed by atoms with Crippen LogP contribution in [-0.2, 0) is 28.4 Å². The Morgan fingerprint density at radius 3 is 1.29 bits per heavy atom. The Bertz CT molecular complexity index is 1320. The maximum Gasteiger partial charge on any atom is 0.193 e. The molecule has 55 heavy (non-hydrogen) atoms. The van der Waals surface area contributed by atoms with Crippen molar-refractivity contribution in [1.82, 2.24) is 5.32 Å². The van der Waals surface area contributed by atoms with Gasteiger partial charge in [-0.1, -0.05) is 48.5 Å². The molecule has 0 spiro atoms. The molecule has 7 unspecified atom stereocenters. The lowest BCUT2D eigenvalue weighted by atomic mass is 9.91. The van der Waals surface area contributed by atoms with E-state index in [2.05, 4.69) is 5.32 Å². The van der Waals surface area contributed by atoms with Crippen molar-refractivity contribution in [2.75, 3.05) is 52.9 Å². The van der Waals surface area contributed by atoms with Crippen LogP contribution in [0.15, 0.2) is 48.5 Å². The molecule has 0 heterocycles. The summed E-state index contributed by atoms with van der Waals surface area (Å²) in [5.41, 5.74) is 11.2. The maximum atomic E-state index is 12.7. The fourth-order valence-corrected chi connectivity index (χ4v) is 5.31. The van der Waals surface area contributed by atoms with Gasteiger partial charge in [0.15, 0.2) is 11.6 Å². The van der Waals surface area contributed by atoms with Crippen LogP contribution >= 0.6 is 0 Å². The Morgan fingerprint density at radius 2 is 0.927 bits per heavy atom. The van der Waals surface area contributed by atoms with E-state index in [1.54, 1.807) is 24.3 Å². The fraction of sp³-hybridized carbons (Fsp3) is 0.667. The Balaban J connectivity index is 2.04. The molecule has 13 nitrogen and oxygen atoms in total. The third-order valence-corrected chi connectivity index (χ3v) is 8.37. The molecule has 0 amide bonds. The highest BCUT2D eigenvalue weighted by molar-refractivity contribution is 6.02. The van der Waals surface area contributed by atoms with Crippen LogP contribution in [0.4, 0.5) is 0 Å². The van der Waals surface area contributed by atoms with E-state index in [0.717, 1.165) is 11.1 Å². The van der Waals surface area contributed by atoms with Crippen LogP contribution in [0.5, 0.6) is 0 Å². The second-order valence-electron chi connectivity index (χ2n) is 15.9. The van der Waals surface area contributed by atoms with E-state index < -0.39 is 11.2 Å². The molecular formula is C42H69N3O10. The average molecular weight is 776 g/mol. The van der Waals surface area contributed by atoms with Gasteiger partial charge in [0.05, 0.1) is 77.2 Å². The third kappa shape index (κ3) is 18.9. The average Bonchev–Trinajstić information content (AvgIpc) is 3.12. The van der Waals surface area contributed by atoms with Crippen LogP contribution in [-0.4, -0.2) is 128 Å². The number of carbonyl (C=O) groups excluding carboxylic acids is 2. The first-order valence-corrected chi connectivity index (χ1v) is 19.3. The Labute approximate surface area is 328 Å². The minimum atomic E-state index is -1.50. The molecule has 0 aliphatic rings. The number of carbonyl (C=O) groups is 2. The molecule has 7 N–H and O–H groups in total. The van der Waals surface area contributed by atoms with Crippen molar-refractivity contribution in [3.05, 3.63) is 70.8 Å². The Morgan fingerprint density at radius 1 is 0.564 bits per heavy atom. The SMILES string of the molecule is CC(N)COC(C)COCC(COCC(C)OCC(C)NC(c1ccc(C(=O)C(C)(C)O)cc1)c1ccc(C(=O)C(C)(C)O)cc1)OCC(C)OCC(C)N. The molecule has 0 saturated carbocycles. The lowest BCUT2D eigenvalue weighted by Crippen LogP contribution is -2.37. The first kappa shape index (κ1) is 48.5. The summed E-state index contributed by atoms with van der Waals surface area (Å²) in [6.45, 7) is 20.4. The number of nitrogens with one attached hydrogen (secondary N) is 1. The second-order valence-corrected chi connectivity index (χ2v) is 15.9. The maximum absolute atomic E-state index is 12.7. The number of nitrogens with two attached hydrogens (primary N) is 2. The largest absolute Gasteiger partial charge is 0.382 e. The fourth-order valence-electron chi connectivity index (χ4n) is 5.31. The second kappa shape index (κ2) is 23.5. The van der Waals surface area contributed by atoms with Gasteiger partial charge in [-0.15, -0.1) is 0 Å². The summed E-state index contributed by atoms with van der Waals surface area (Å²) in [4.78, 5) is 25.4. The molecule has 0 saturated heterocycles. The van der Waals surface area contributed by atoms with E-state index >= 15 is 0 Å². The van der Waals surface area contributed by atoms with Gasteiger partial charge in [0.1, 0.15) is 17.3 Å². The van der Waals surface area contributed by atoms with Crippen LogP contribution in [0.3, 0.4) is 0 Å². The minimum Gasteiger partial charge on any atom is -0.382 e. The van der Waals surface area contributed by atoms with Gasteiger partial charge in [-0.2, -0.15) is 0 Å². The van der Waals surface area contributed by atoms with Gasteiger partial charge in [0.25, 0.3) is 0 Å². The molecule has 0 fully saturated rings. The molecule has 2 rings (SSSR count). The number of ether oxygens (including phenoxy) is 6. The van der Waals surface area contributed by atoms with E-state index in [1.165, 1.54) is 27.7 Å². The molecule has 312 valence electrons. The van der Waals surface area contributed by atoms with E-state index in [-0.39, 0.29) is 66.8 Å². The predicted molar refractivity (Wildman–Crippen MR) is 214 cm³/mol. The summed E-state index contributed by atoms with van der Waals surface area (Å²) in [5.74, 6) is -0.751. The van der Waals surface area contributed by atoms with E-state index in [1.807, 2.05) is 65.8 Å². The smallest absolute Gasteiger partial charge is 0.193 e. The van der Waals surface area contributed by atoms with Gasteiger partial charge in [-0.3, -0.25) is 9.59 Å². The summed E-state index contributed by atoms with van der Waals surface area (Å²) in [7, 11) is 0. The van der Waals surface area contributed by atoms with Crippen molar-refractivity contribution in [3.8, 4) is 0 Å². The zero-order chi connectivity index (χ0) is 41.3. The monoisotopic (exact) mass is 775 g/mol. The summed E-state index contributed by atoms with van der Waals surface area (Å²) in [5, 5.41) is 24.1. The number of rotatable bonds is 28. The molecule has 7 atom stereocenters. The quantitative estimate of drug-likeness (QED) is 0.0780. The van der Waals surface area contributed by atoms with E-state index in [4.69, 9.17) is 39.9 Å². The standard InChI is InChI=1S/C42H69N3O10/c1-27(43)19-52-30(4)22-50-25-37(55-24-32(6)53-20-28(2)44)26-51-23-31(5)54-21-29(3)45-38(33-11-15-35(16-12-33)39(46)41(7,8)48)34-13-17-36(18-14-34)40(47)42(9,10)49/h11-18,27-32,37-38,45,48-49H,19-26,43-44H2,1-10H3. The van der Waals surface area contributed by atoms with Crippen molar-refractivity contribution in [3.63, 3.8) is 0 Å². The Hall–Kier alpha value is -2.66. The molecule has 2 aromatic rings. The number of hydrogen-bond donors (Lipinski definition) is 5. The Kier molecular flexibility index (Phi) is 20.8. The van der Waals surface area contributed by atoms with Crippen molar-refractivity contribution >= 4 is 11.6 Å². The molecule has 0 aliphatic carbocycles. The molecule has 0 aromatic heterocycles. The van der Waals surface area contributed by atoms with E-state index in [9.17, 15) is 19.8 Å². The van der Waals surface area contributed by atoms with Gasteiger partial charge in [-0.25, -0.2) is 0 Å². The highest BCUT2D eigenvalue weighted by atomic mass is 16.6. The highest BCUT2D eigenvalue weighted by Crippen LogP contribution is 2.26. The molecule has 2 aromatic carbocycles. The molecule has 13 heteroatoms. The molecule has 0 bridgehead atoms. The lowest BCUT2D eigenvalue weighted by Gasteiger charge is -2.26. The zero-order valence-electron chi connectivity index (χ0n) is 34.7. The molecular weight excluding hydrogens is 706 g/mol. The van der Waals surface area contributed by atoms with Gasteiger partial charge in [0.2, 0.25) is 0 Å². The molecule has 0 aliphatic heterocycles. The predicted octanol–water partition coefficient (Wildman–Crippen LogP) is 3.99. The van der Waals surface area contributed by atoms with Gasteiger partial charge in [0, 0.05) is 29.3 Å². The van der Waals surface area contributed by atoms with Crippen LogP contribution < -0.4 is 16.8 Å². The van der Waals surface area contributed by atoms with Crippen molar-refractivity contribution < 1.29 is 48.2 Å². The summed E-state index contributed by atoms with van der Waals surface area (Å²) < 4.78 is 35.7. The normalized spacial score (nSPS) is 16.3. The van der Waals surface area contributed by atoms with Crippen LogP contribution in [0.1, 0.15) is 107 Å². The zero-order valence-corrected chi connectivity index (χ0v) is 34.7. The van der Waals surface area contributed by atoms with Gasteiger partial charge >= 0.3 is 0 Å². The summed E-state index contributed by atoms with van der Waals surface area (Å²) >= 11 is 0. The first-order valence-electron chi connectivity index (χ1n) is 19.3. The molecule has 0 radical (unpaired) electrons. The first-order chi connectivity index (χ1) is 25.7. The van der Waals surface area contributed by atoms with Crippen LogP contribution in [0.25, 0.3) is 0 Å². The van der Waals surface area contributed by atoms with Crippen molar-refractivity contribution in [2.45, 2.75) is 129 Å². The van der Waals surface area contributed by atoms with Gasteiger partial charge < -0.3 is 55.4 Å². The lowest BCUT2D eigenvalue weighted by molar-refractivity contribution is -0.109. The summed E-state index contributed by atoms with van der Waals surface area (Å²) in [6, 6.07) is 13.6. The number of ketones is 2. The number of benzene rings is 2. The highest BCUT2D eigenvalue weighted by Gasteiger charge is 2.27. The topological polar surface area (TPSA) is 194 Å². The van der Waals surface area contributed by atoms with Gasteiger partial charge in [-0.05, 0) is 80.4 Å².